The van der Waals surface area contributed by atoms with Crippen molar-refractivity contribution in [3.63, 3.8) is 0 Å². The van der Waals surface area contributed by atoms with Crippen LogP contribution in [0.15, 0.2) is 25.5 Å². The fourth-order valence-corrected chi connectivity index (χ4v) is 2.94. The van der Waals surface area contributed by atoms with E-state index in [1.54, 1.807) is 6.26 Å². The van der Waals surface area contributed by atoms with Gasteiger partial charge in [0.2, 0.25) is 0 Å². The lowest BCUT2D eigenvalue weighted by atomic mass is 9.82. The molecule has 1 rings (SSSR count). The molecule has 0 spiro atoms. The van der Waals surface area contributed by atoms with Crippen LogP contribution in [0.3, 0.4) is 0 Å². The van der Waals surface area contributed by atoms with Gasteiger partial charge in [-0.05, 0) is 38.0 Å². The molecule has 0 aromatic heterocycles. The summed E-state index contributed by atoms with van der Waals surface area (Å²) in [5, 5.41) is 0. The summed E-state index contributed by atoms with van der Waals surface area (Å²) in [5.74, 6) is 0.864. The highest BCUT2D eigenvalue weighted by Crippen LogP contribution is 2.33. The van der Waals surface area contributed by atoms with Gasteiger partial charge >= 0.3 is 0 Å². The molecule has 1 aliphatic carbocycles. The van der Waals surface area contributed by atoms with E-state index in [4.69, 9.17) is 9.47 Å². The van der Waals surface area contributed by atoms with Crippen molar-refractivity contribution in [3.8, 4) is 0 Å². The molecule has 0 heterocycles. The van der Waals surface area contributed by atoms with Crippen molar-refractivity contribution in [2.24, 2.45) is 11.8 Å². The Morgan fingerprint density at radius 1 is 1.20 bits per heavy atom. The average Bonchev–Trinajstić information content (AvgIpc) is 2.41. The fourth-order valence-electron chi connectivity index (χ4n) is 2.94. The van der Waals surface area contributed by atoms with E-state index in [1.165, 1.54) is 19.3 Å². The van der Waals surface area contributed by atoms with Crippen molar-refractivity contribution >= 4 is 0 Å². The van der Waals surface area contributed by atoms with Crippen LogP contribution in [0.2, 0.25) is 0 Å². The van der Waals surface area contributed by atoms with Crippen LogP contribution < -0.4 is 0 Å². The molecule has 1 aliphatic rings. The molecule has 0 aromatic carbocycles. The van der Waals surface area contributed by atoms with E-state index in [9.17, 15) is 0 Å². The lowest BCUT2D eigenvalue weighted by Gasteiger charge is -2.38. The highest BCUT2D eigenvalue weighted by Gasteiger charge is 2.34. The van der Waals surface area contributed by atoms with Crippen LogP contribution in [-0.2, 0) is 9.47 Å². The van der Waals surface area contributed by atoms with Gasteiger partial charge in [-0.1, -0.05) is 39.8 Å². The summed E-state index contributed by atoms with van der Waals surface area (Å²) in [7, 11) is 0. The van der Waals surface area contributed by atoms with E-state index in [1.807, 2.05) is 6.08 Å². The van der Waals surface area contributed by atoms with E-state index in [0.717, 1.165) is 19.3 Å². The number of rotatable bonds is 11. The summed E-state index contributed by atoms with van der Waals surface area (Å²) >= 11 is 0. The highest BCUT2D eigenvalue weighted by atomic mass is 16.5. The molecule has 20 heavy (non-hydrogen) atoms. The molecule has 2 heteroatoms. The zero-order valence-corrected chi connectivity index (χ0v) is 13.5. The van der Waals surface area contributed by atoms with Crippen LogP contribution >= 0.6 is 0 Å². The topological polar surface area (TPSA) is 18.5 Å². The van der Waals surface area contributed by atoms with Gasteiger partial charge in [0.15, 0.2) is 0 Å². The molecule has 4 atom stereocenters. The summed E-state index contributed by atoms with van der Waals surface area (Å²) in [6.07, 6.45) is 11.3. The average molecular weight is 280 g/mol. The first-order chi connectivity index (χ1) is 9.67. The van der Waals surface area contributed by atoms with E-state index in [0.29, 0.717) is 17.9 Å². The number of hydrogen-bond donors (Lipinski definition) is 0. The second-order valence-corrected chi connectivity index (χ2v) is 5.98. The summed E-state index contributed by atoms with van der Waals surface area (Å²) in [6.45, 7) is 14.3. The Morgan fingerprint density at radius 3 is 2.30 bits per heavy atom. The maximum Gasteiger partial charge on any atom is 0.106 e. The van der Waals surface area contributed by atoms with Crippen molar-refractivity contribution in [3.05, 3.63) is 25.5 Å². The third-order valence-electron chi connectivity index (χ3n) is 4.62. The minimum absolute atomic E-state index is 0.167. The summed E-state index contributed by atoms with van der Waals surface area (Å²) < 4.78 is 12.2. The van der Waals surface area contributed by atoms with Gasteiger partial charge in [0.1, 0.15) is 6.10 Å². The maximum absolute atomic E-state index is 6.31. The summed E-state index contributed by atoms with van der Waals surface area (Å²) in [4.78, 5) is 0. The molecule has 0 N–H and O–H groups in total. The molecule has 0 aliphatic heterocycles. The molecular formula is C18H32O2. The standard InChI is InChI=1S/C18H32O2/c1-6-11-16(18(19-9-4)14(5)7-2)17(8-3)20-15-12-10-13-15/h6,9,14-18H,1,4,7-8,10-13H2,2-3,5H3/t14?,16-,17?,18?/m1/s1. The first-order valence-corrected chi connectivity index (χ1v) is 8.20. The summed E-state index contributed by atoms with van der Waals surface area (Å²) in [6, 6.07) is 0. The molecule has 0 radical (unpaired) electrons. The maximum atomic E-state index is 6.31. The van der Waals surface area contributed by atoms with Crippen molar-refractivity contribution < 1.29 is 9.47 Å². The lowest BCUT2D eigenvalue weighted by Crippen LogP contribution is -2.41. The first kappa shape index (κ1) is 17.3. The molecular weight excluding hydrogens is 248 g/mol. The van der Waals surface area contributed by atoms with Gasteiger partial charge in [-0.25, -0.2) is 0 Å². The van der Waals surface area contributed by atoms with Crippen LogP contribution in [-0.4, -0.2) is 18.3 Å². The van der Waals surface area contributed by atoms with Gasteiger partial charge < -0.3 is 9.47 Å². The smallest absolute Gasteiger partial charge is 0.106 e. The minimum atomic E-state index is 0.167. The van der Waals surface area contributed by atoms with E-state index in [-0.39, 0.29) is 12.2 Å². The molecule has 3 unspecified atom stereocenters. The molecule has 1 fully saturated rings. The van der Waals surface area contributed by atoms with Gasteiger partial charge in [-0.2, -0.15) is 0 Å². The Bertz CT molecular complexity index is 283. The molecule has 0 bridgehead atoms. The molecule has 0 saturated heterocycles. The van der Waals surface area contributed by atoms with Crippen LogP contribution in [0.5, 0.6) is 0 Å². The largest absolute Gasteiger partial charge is 0.498 e. The number of ether oxygens (including phenoxy) is 2. The fraction of sp³-hybridized carbons (Fsp3) is 0.778. The Labute approximate surface area is 125 Å². The van der Waals surface area contributed by atoms with Gasteiger partial charge in [0.05, 0.1) is 18.5 Å². The highest BCUT2D eigenvalue weighted by molar-refractivity contribution is 4.88. The SMILES string of the molecule is C=CC[C@H](C(CC)OC1CCC1)C(OC=C)C(C)CC. The second-order valence-electron chi connectivity index (χ2n) is 5.98. The predicted octanol–water partition coefficient (Wildman–Crippen LogP) is 5.10. The first-order valence-electron chi connectivity index (χ1n) is 8.20. The summed E-state index contributed by atoms with van der Waals surface area (Å²) in [5.41, 5.74) is 0. The molecule has 2 nitrogen and oxygen atoms in total. The van der Waals surface area contributed by atoms with E-state index >= 15 is 0 Å². The van der Waals surface area contributed by atoms with E-state index < -0.39 is 0 Å². The Balaban J connectivity index is 2.78. The quantitative estimate of drug-likeness (QED) is 0.387. The van der Waals surface area contributed by atoms with Gasteiger partial charge in [-0.15, -0.1) is 6.58 Å². The van der Waals surface area contributed by atoms with Crippen molar-refractivity contribution in [1.82, 2.24) is 0 Å². The lowest BCUT2D eigenvalue weighted by molar-refractivity contribution is -0.109. The zero-order valence-electron chi connectivity index (χ0n) is 13.5. The Morgan fingerprint density at radius 2 is 1.90 bits per heavy atom. The third-order valence-corrected chi connectivity index (χ3v) is 4.62. The second kappa shape index (κ2) is 9.23. The van der Waals surface area contributed by atoms with Crippen LogP contribution in [0, 0.1) is 11.8 Å². The number of allylic oxidation sites excluding steroid dienone is 1. The molecule has 116 valence electrons. The van der Waals surface area contributed by atoms with Crippen LogP contribution in [0.1, 0.15) is 59.3 Å². The van der Waals surface area contributed by atoms with Crippen LogP contribution in [0.4, 0.5) is 0 Å². The Hall–Kier alpha value is -0.760. The van der Waals surface area contributed by atoms with Crippen molar-refractivity contribution in [2.75, 3.05) is 0 Å². The van der Waals surface area contributed by atoms with Gasteiger partial charge in [0, 0.05) is 5.92 Å². The minimum Gasteiger partial charge on any atom is -0.498 e. The van der Waals surface area contributed by atoms with Gasteiger partial charge in [0.25, 0.3) is 0 Å². The normalized spacial score (nSPS) is 21.4. The van der Waals surface area contributed by atoms with Crippen molar-refractivity contribution in [2.45, 2.75) is 77.6 Å². The van der Waals surface area contributed by atoms with E-state index in [2.05, 4.69) is 33.9 Å². The Kier molecular flexibility index (Phi) is 7.98. The van der Waals surface area contributed by atoms with Crippen LogP contribution in [0.25, 0.3) is 0 Å². The number of hydrogen-bond acceptors (Lipinski definition) is 2. The zero-order chi connectivity index (χ0) is 15.0. The molecule has 0 aromatic rings. The molecule has 0 amide bonds. The predicted molar refractivity (Wildman–Crippen MR) is 85.6 cm³/mol. The van der Waals surface area contributed by atoms with Crippen molar-refractivity contribution in [1.29, 1.82) is 0 Å². The molecule has 1 saturated carbocycles. The monoisotopic (exact) mass is 280 g/mol. The third kappa shape index (κ3) is 4.66. The van der Waals surface area contributed by atoms with Gasteiger partial charge in [-0.3, -0.25) is 0 Å².